The van der Waals surface area contributed by atoms with Crippen LogP contribution in [0.1, 0.15) is 33.6 Å². The first-order valence-electron chi connectivity index (χ1n) is 5.51. The smallest absolute Gasteiger partial charge is 0.313 e. The zero-order valence-corrected chi connectivity index (χ0v) is 9.79. The van der Waals surface area contributed by atoms with Crippen LogP contribution < -0.4 is 0 Å². The SMILES string of the molecule is CCN1CCCC(C(=O)O)(C(C)(C)O)C1. The summed E-state index contributed by atoms with van der Waals surface area (Å²) >= 11 is 0. The van der Waals surface area contributed by atoms with Crippen LogP contribution in [0.2, 0.25) is 0 Å². The first-order chi connectivity index (χ1) is 6.83. The van der Waals surface area contributed by atoms with Gasteiger partial charge in [0.15, 0.2) is 0 Å². The highest BCUT2D eigenvalue weighted by Crippen LogP contribution is 2.40. The van der Waals surface area contributed by atoms with Crippen LogP contribution in [0.4, 0.5) is 0 Å². The number of aliphatic carboxylic acids is 1. The average molecular weight is 215 g/mol. The highest BCUT2D eigenvalue weighted by atomic mass is 16.4. The Hall–Kier alpha value is -0.610. The summed E-state index contributed by atoms with van der Waals surface area (Å²) in [6.45, 7) is 7.43. The topological polar surface area (TPSA) is 60.8 Å². The molecule has 1 atom stereocenters. The standard InChI is InChI=1S/C11H21NO3/c1-4-12-7-5-6-11(8-12,9(13)14)10(2,3)15/h15H,4-8H2,1-3H3,(H,13,14). The summed E-state index contributed by atoms with van der Waals surface area (Å²) in [6, 6.07) is 0. The molecule has 1 unspecified atom stereocenters. The lowest BCUT2D eigenvalue weighted by molar-refractivity contribution is -0.173. The second-order valence-electron chi connectivity index (χ2n) is 4.92. The van der Waals surface area contributed by atoms with Crippen molar-refractivity contribution in [3.63, 3.8) is 0 Å². The van der Waals surface area contributed by atoms with Crippen molar-refractivity contribution in [2.75, 3.05) is 19.6 Å². The molecule has 0 aliphatic carbocycles. The van der Waals surface area contributed by atoms with Gasteiger partial charge in [0.2, 0.25) is 0 Å². The van der Waals surface area contributed by atoms with E-state index in [0.717, 1.165) is 19.5 Å². The highest BCUT2D eigenvalue weighted by Gasteiger charge is 2.52. The molecule has 1 aliphatic heterocycles. The fourth-order valence-corrected chi connectivity index (χ4v) is 2.35. The monoisotopic (exact) mass is 215 g/mol. The number of nitrogens with zero attached hydrogens (tertiary/aromatic N) is 1. The predicted molar refractivity (Wildman–Crippen MR) is 57.7 cm³/mol. The lowest BCUT2D eigenvalue weighted by Crippen LogP contribution is -2.58. The van der Waals surface area contributed by atoms with E-state index >= 15 is 0 Å². The average Bonchev–Trinajstić information content (AvgIpc) is 2.16. The van der Waals surface area contributed by atoms with E-state index in [4.69, 9.17) is 0 Å². The molecule has 0 aromatic heterocycles. The largest absolute Gasteiger partial charge is 0.481 e. The van der Waals surface area contributed by atoms with E-state index in [1.165, 1.54) is 0 Å². The Kier molecular flexibility index (Phi) is 3.41. The first kappa shape index (κ1) is 12.5. The van der Waals surface area contributed by atoms with Gasteiger partial charge >= 0.3 is 5.97 Å². The van der Waals surface area contributed by atoms with E-state index in [1.807, 2.05) is 6.92 Å². The van der Waals surface area contributed by atoms with Crippen LogP contribution in [0.15, 0.2) is 0 Å². The summed E-state index contributed by atoms with van der Waals surface area (Å²) in [6.07, 6.45) is 1.40. The molecule has 0 aromatic rings. The van der Waals surface area contributed by atoms with Crippen LogP contribution in [0.5, 0.6) is 0 Å². The van der Waals surface area contributed by atoms with Gasteiger partial charge in [0.05, 0.1) is 5.60 Å². The van der Waals surface area contributed by atoms with Crippen molar-refractivity contribution < 1.29 is 15.0 Å². The van der Waals surface area contributed by atoms with Gasteiger partial charge in [-0.2, -0.15) is 0 Å². The third-order valence-electron chi connectivity index (χ3n) is 3.60. The minimum Gasteiger partial charge on any atom is -0.481 e. The number of hydrogen-bond acceptors (Lipinski definition) is 3. The van der Waals surface area contributed by atoms with Crippen LogP contribution in [0.25, 0.3) is 0 Å². The van der Waals surface area contributed by atoms with Crippen molar-refractivity contribution in [3.05, 3.63) is 0 Å². The maximum atomic E-state index is 11.4. The summed E-state index contributed by atoms with van der Waals surface area (Å²) in [7, 11) is 0. The molecule has 0 amide bonds. The first-order valence-corrected chi connectivity index (χ1v) is 5.51. The molecule has 4 nitrogen and oxygen atoms in total. The van der Waals surface area contributed by atoms with E-state index < -0.39 is 17.0 Å². The number of carboxylic acids is 1. The van der Waals surface area contributed by atoms with Crippen molar-refractivity contribution >= 4 is 5.97 Å². The van der Waals surface area contributed by atoms with Gasteiger partial charge in [-0.15, -0.1) is 0 Å². The molecule has 1 rings (SSSR count). The molecule has 88 valence electrons. The van der Waals surface area contributed by atoms with E-state index in [9.17, 15) is 15.0 Å². The molecule has 1 aliphatic rings. The maximum Gasteiger partial charge on any atom is 0.313 e. The van der Waals surface area contributed by atoms with Gasteiger partial charge in [0.25, 0.3) is 0 Å². The number of piperidine rings is 1. The Bertz CT molecular complexity index is 247. The minimum atomic E-state index is -1.17. The highest BCUT2D eigenvalue weighted by molar-refractivity contribution is 5.76. The maximum absolute atomic E-state index is 11.4. The summed E-state index contributed by atoms with van der Waals surface area (Å²) in [5.41, 5.74) is -2.19. The van der Waals surface area contributed by atoms with E-state index in [2.05, 4.69) is 4.90 Å². The van der Waals surface area contributed by atoms with Crippen LogP contribution in [-0.2, 0) is 4.79 Å². The second kappa shape index (κ2) is 4.10. The molecule has 4 heteroatoms. The van der Waals surface area contributed by atoms with Gasteiger partial charge in [-0.3, -0.25) is 4.79 Å². The van der Waals surface area contributed by atoms with Gasteiger partial charge < -0.3 is 15.1 Å². The fraction of sp³-hybridized carbons (Fsp3) is 0.909. The normalized spacial score (nSPS) is 29.1. The molecule has 0 radical (unpaired) electrons. The number of carboxylic acid groups (broad SMARTS) is 1. The van der Waals surface area contributed by atoms with Crippen molar-refractivity contribution in [1.29, 1.82) is 0 Å². The van der Waals surface area contributed by atoms with Gasteiger partial charge in [-0.25, -0.2) is 0 Å². The molecule has 1 heterocycles. The van der Waals surface area contributed by atoms with Gasteiger partial charge in [0, 0.05) is 6.54 Å². The molecule has 0 aromatic carbocycles. The van der Waals surface area contributed by atoms with Crippen molar-refractivity contribution in [3.8, 4) is 0 Å². The predicted octanol–water partition coefficient (Wildman–Crippen LogP) is 0.944. The summed E-state index contributed by atoms with van der Waals surface area (Å²) in [4.78, 5) is 13.5. The Morgan fingerprint density at radius 1 is 1.53 bits per heavy atom. The Labute approximate surface area is 90.9 Å². The molecule has 2 N–H and O–H groups in total. The number of carbonyl (C=O) groups is 1. The fourth-order valence-electron chi connectivity index (χ4n) is 2.35. The zero-order valence-electron chi connectivity index (χ0n) is 9.79. The van der Waals surface area contributed by atoms with Crippen molar-refractivity contribution in [2.45, 2.75) is 39.2 Å². The lowest BCUT2D eigenvalue weighted by atomic mass is 9.68. The Morgan fingerprint density at radius 3 is 2.53 bits per heavy atom. The van der Waals surface area contributed by atoms with Gasteiger partial charge in [-0.1, -0.05) is 6.92 Å². The summed E-state index contributed by atoms with van der Waals surface area (Å²) < 4.78 is 0. The Balaban J connectivity index is 2.96. The molecular formula is C11H21NO3. The molecule has 15 heavy (non-hydrogen) atoms. The van der Waals surface area contributed by atoms with E-state index in [0.29, 0.717) is 13.0 Å². The van der Waals surface area contributed by atoms with Crippen molar-refractivity contribution in [1.82, 2.24) is 4.90 Å². The van der Waals surface area contributed by atoms with Crippen LogP contribution in [-0.4, -0.2) is 46.3 Å². The quantitative estimate of drug-likeness (QED) is 0.735. The van der Waals surface area contributed by atoms with Crippen LogP contribution in [0.3, 0.4) is 0 Å². The molecule has 0 saturated carbocycles. The lowest BCUT2D eigenvalue weighted by Gasteiger charge is -2.46. The number of hydrogen-bond donors (Lipinski definition) is 2. The summed E-state index contributed by atoms with van der Waals surface area (Å²) in [5.74, 6) is -0.881. The Morgan fingerprint density at radius 2 is 2.13 bits per heavy atom. The molecule has 0 spiro atoms. The third kappa shape index (κ3) is 2.16. The molecular weight excluding hydrogens is 194 g/mol. The third-order valence-corrected chi connectivity index (χ3v) is 3.60. The minimum absolute atomic E-state index is 0.447. The molecule has 1 fully saturated rings. The number of likely N-dealkylation sites (tertiary alicyclic amines) is 1. The molecule has 1 saturated heterocycles. The van der Waals surface area contributed by atoms with Crippen LogP contribution >= 0.6 is 0 Å². The summed E-state index contributed by atoms with van der Waals surface area (Å²) in [5, 5.41) is 19.4. The van der Waals surface area contributed by atoms with E-state index in [-0.39, 0.29) is 0 Å². The van der Waals surface area contributed by atoms with Crippen molar-refractivity contribution in [2.24, 2.45) is 5.41 Å². The van der Waals surface area contributed by atoms with E-state index in [1.54, 1.807) is 13.8 Å². The van der Waals surface area contributed by atoms with Crippen LogP contribution in [0, 0.1) is 5.41 Å². The second-order valence-corrected chi connectivity index (χ2v) is 4.92. The van der Waals surface area contributed by atoms with Gasteiger partial charge in [0.1, 0.15) is 5.41 Å². The van der Waals surface area contributed by atoms with Gasteiger partial charge in [-0.05, 0) is 39.8 Å². The number of rotatable bonds is 3. The number of aliphatic hydroxyl groups is 1. The molecule has 0 bridgehead atoms. The zero-order chi connectivity index (χ0) is 11.7.